The largest absolute Gasteiger partial charge is 0.496 e. The van der Waals surface area contributed by atoms with Gasteiger partial charge in [0.15, 0.2) is 0 Å². The van der Waals surface area contributed by atoms with E-state index >= 15 is 0 Å². The second-order valence-electron chi connectivity index (χ2n) is 4.72. The number of nitrogens with one attached hydrogen (secondary N) is 2. The van der Waals surface area contributed by atoms with Crippen LogP contribution in [0.3, 0.4) is 0 Å². The molecule has 0 aliphatic carbocycles. The number of carbonyl (C=O) groups excluding carboxylic acids is 1. The Bertz CT molecular complexity index is 435. The Hall–Kier alpha value is -1.26. The highest BCUT2D eigenvalue weighted by atomic mass is 35.5. The van der Waals surface area contributed by atoms with E-state index in [1.54, 1.807) is 13.2 Å². The Morgan fingerprint density at radius 2 is 2.05 bits per heavy atom. The van der Waals surface area contributed by atoms with E-state index in [1.165, 1.54) is 0 Å². The zero-order valence-electron chi connectivity index (χ0n) is 11.8. The smallest absolute Gasteiger partial charge is 0.237 e. The Balaban J connectivity index is 2.61. The topological polar surface area (TPSA) is 50.4 Å². The third-order valence-corrected chi connectivity index (χ3v) is 2.90. The molecule has 1 aromatic rings. The van der Waals surface area contributed by atoms with Crippen LogP contribution in [0.25, 0.3) is 0 Å². The third-order valence-electron chi connectivity index (χ3n) is 2.67. The quantitative estimate of drug-likeness (QED) is 0.843. The molecule has 1 unspecified atom stereocenters. The molecule has 0 spiro atoms. The molecule has 1 atom stereocenters. The van der Waals surface area contributed by atoms with Gasteiger partial charge in [0.2, 0.25) is 5.91 Å². The summed E-state index contributed by atoms with van der Waals surface area (Å²) in [7, 11) is 1.61. The lowest BCUT2D eigenvalue weighted by molar-refractivity contribution is -0.123. The van der Waals surface area contributed by atoms with E-state index in [4.69, 9.17) is 16.3 Å². The van der Waals surface area contributed by atoms with Crippen molar-refractivity contribution in [3.63, 3.8) is 0 Å². The van der Waals surface area contributed by atoms with Crippen molar-refractivity contribution in [2.45, 2.75) is 39.4 Å². The molecule has 0 aromatic heterocycles. The molecule has 0 heterocycles. The molecular formula is C14H21ClN2O2. The van der Waals surface area contributed by atoms with E-state index in [0.717, 1.165) is 11.3 Å². The summed E-state index contributed by atoms with van der Waals surface area (Å²) in [6.07, 6.45) is 0. The van der Waals surface area contributed by atoms with E-state index in [2.05, 4.69) is 10.6 Å². The summed E-state index contributed by atoms with van der Waals surface area (Å²) in [5.74, 6) is 0.740. The van der Waals surface area contributed by atoms with Crippen LogP contribution in [0.5, 0.6) is 5.75 Å². The minimum atomic E-state index is -0.272. The second kappa shape index (κ2) is 7.36. The van der Waals surface area contributed by atoms with Gasteiger partial charge in [-0.15, -0.1) is 0 Å². The van der Waals surface area contributed by atoms with E-state index in [1.807, 2.05) is 32.9 Å². The predicted molar refractivity (Wildman–Crippen MR) is 77.6 cm³/mol. The maximum absolute atomic E-state index is 11.8. The molecule has 0 fully saturated rings. The van der Waals surface area contributed by atoms with Crippen LogP contribution in [0, 0.1) is 0 Å². The fourth-order valence-corrected chi connectivity index (χ4v) is 1.85. The highest BCUT2D eigenvalue weighted by Gasteiger charge is 2.13. The summed E-state index contributed by atoms with van der Waals surface area (Å²) in [6.45, 7) is 6.22. The van der Waals surface area contributed by atoms with Gasteiger partial charge in [0.1, 0.15) is 5.75 Å². The molecule has 0 bridgehead atoms. The molecule has 0 radical (unpaired) electrons. The molecule has 5 heteroatoms. The monoisotopic (exact) mass is 284 g/mol. The van der Waals surface area contributed by atoms with E-state index < -0.39 is 0 Å². The second-order valence-corrected chi connectivity index (χ2v) is 5.16. The third kappa shape index (κ3) is 5.09. The van der Waals surface area contributed by atoms with Crippen LogP contribution >= 0.6 is 11.6 Å². The van der Waals surface area contributed by atoms with Crippen LogP contribution in [0.4, 0.5) is 0 Å². The van der Waals surface area contributed by atoms with Crippen LogP contribution < -0.4 is 15.4 Å². The van der Waals surface area contributed by atoms with Gasteiger partial charge >= 0.3 is 0 Å². The Kier molecular flexibility index (Phi) is 6.12. The molecule has 0 aliphatic rings. The zero-order chi connectivity index (χ0) is 14.4. The molecule has 1 rings (SSSR count). The molecule has 4 nitrogen and oxygen atoms in total. The SMILES string of the molecule is COc1ccc(Cl)cc1CNC(C)C(=O)NC(C)C. The first-order valence-electron chi connectivity index (χ1n) is 6.30. The lowest BCUT2D eigenvalue weighted by atomic mass is 10.2. The number of halogens is 1. The maximum atomic E-state index is 11.8. The standard InChI is InChI=1S/C14H21ClN2O2/c1-9(2)17-14(18)10(3)16-8-11-7-12(15)5-6-13(11)19-4/h5-7,9-10,16H,8H2,1-4H3,(H,17,18). The minimum Gasteiger partial charge on any atom is -0.496 e. The van der Waals surface area contributed by atoms with Crippen molar-refractivity contribution in [1.29, 1.82) is 0 Å². The number of methoxy groups -OCH3 is 1. The van der Waals surface area contributed by atoms with Gasteiger partial charge in [0.25, 0.3) is 0 Å². The van der Waals surface area contributed by atoms with E-state index in [9.17, 15) is 4.79 Å². The lowest BCUT2D eigenvalue weighted by Crippen LogP contribution is -2.44. The average molecular weight is 285 g/mol. The van der Waals surface area contributed by atoms with Crippen LogP contribution in [-0.4, -0.2) is 25.1 Å². The van der Waals surface area contributed by atoms with Gasteiger partial charge in [-0.25, -0.2) is 0 Å². The maximum Gasteiger partial charge on any atom is 0.237 e. The molecule has 1 aromatic carbocycles. The number of hydrogen-bond donors (Lipinski definition) is 2. The van der Waals surface area contributed by atoms with Gasteiger partial charge in [-0.1, -0.05) is 11.6 Å². The summed E-state index contributed by atoms with van der Waals surface area (Å²) >= 11 is 5.96. The number of benzene rings is 1. The van der Waals surface area contributed by atoms with Crippen molar-refractivity contribution in [2.75, 3.05) is 7.11 Å². The molecular weight excluding hydrogens is 264 g/mol. The molecule has 0 saturated heterocycles. The van der Waals surface area contributed by atoms with Gasteiger partial charge in [-0.05, 0) is 39.0 Å². The highest BCUT2D eigenvalue weighted by Crippen LogP contribution is 2.22. The summed E-state index contributed by atoms with van der Waals surface area (Å²) in [5.41, 5.74) is 0.930. The van der Waals surface area contributed by atoms with Gasteiger partial charge in [-0.3, -0.25) is 4.79 Å². The van der Waals surface area contributed by atoms with Gasteiger partial charge in [0.05, 0.1) is 13.2 Å². The molecule has 0 saturated carbocycles. The van der Waals surface area contributed by atoms with Crippen molar-refractivity contribution < 1.29 is 9.53 Å². The van der Waals surface area contributed by atoms with E-state index in [0.29, 0.717) is 11.6 Å². The highest BCUT2D eigenvalue weighted by molar-refractivity contribution is 6.30. The van der Waals surface area contributed by atoms with Gasteiger partial charge < -0.3 is 15.4 Å². The fourth-order valence-electron chi connectivity index (χ4n) is 1.65. The van der Waals surface area contributed by atoms with Crippen molar-refractivity contribution in [2.24, 2.45) is 0 Å². The summed E-state index contributed by atoms with van der Waals surface area (Å²) in [4.78, 5) is 11.8. The molecule has 19 heavy (non-hydrogen) atoms. The number of carbonyl (C=O) groups is 1. The van der Waals surface area contributed by atoms with Crippen molar-refractivity contribution in [1.82, 2.24) is 10.6 Å². The Morgan fingerprint density at radius 1 is 1.37 bits per heavy atom. The van der Waals surface area contributed by atoms with Crippen LogP contribution in [0.1, 0.15) is 26.3 Å². The van der Waals surface area contributed by atoms with E-state index in [-0.39, 0.29) is 18.0 Å². The summed E-state index contributed by atoms with van der Waals surface area (Å²) < 4.78 is 5.26. The van der Waals surface area contributed by atoms with Crippen LogP contribution in [0.15, 0.2) is 18.2 Å². The van der Waals surface area contributed by atoms with Crippen molar-refractivity contribution in [3.05, 3.63) is 28.8 Å². The first-order chi connectivity index (χ1) is 8.93. The summed E-state index contributed by atoms with van der Waals surface area (Å²) in [6, 6.07) is 5.29. The first-order valence-corrected chi connectivity index (χ1v) is 6.68. The molecule has 1 amide bonds. The Labute approximate surface area is 119 Å². The van der Waals surface area contributed by atoms with Crippen LogP contribution in [0.2, 0.25) is 5.02 Å². The molecule has 2 N–H and O–H groups in total. The average Bonchev–Trinajstić information content (AvgIpc) is 2.35. The predicted octanol–water partition coefficient (Wildman–Crippen LogP) is 2.35. The fraction of sp³-hybridized carbons (Fsp3) is 0.500. The van der Waals surface area contributed by atoms with Gasteiger partial charge in [-0.2, -0.15) is 0 Å². The molecule has 0 aliphatic heterocycles. The number of hydrogen-bond acceptors (Lipinski definition) is 3. The van der Waals surface area contributed by atoms with Crippen molar-refractivity contribution >= 4 is 17.5 Å². The molecule has 106 valence electrons. The van der Waals surface area contributed by atoms with Gasteiger partial charge in [0, 0.05) is 23.2 Å². The number of amides is 1. The number of ether oxygens (including phenoxy) is 1. The van der Waals surface area contributed by atoms with Crippen molar-refractivity contribution in [3.8, 4) is 5.75 Å². The zero-order valence-corrected chi connectivity index (χ0v) is 12.5. The van der Waals surface area contributed by atoms with Crippen LogP contribution in [-0.2, 0) is 11.3 Å². The first kappa shape index (κ1) is 15.8. The Morgan fingerprint density at radius 3 is 2.63 bits per heavy atom. The minimum absolute atomic E-state index is 0.0176. The summed E-state index contributed by atoms with van der Waals surface area (Å²) in [5, 5.41) is 6.67. The lowest BCUT2D eigenvalue weighted by Gasteiger charge is -2.17. The number of rotatable bonds is 6. The normalized spacial score (nSPS) is 12.3.